The minimum atomic E-state index is -3.53. The fourth-order valence-corrected chi connectivity index (χ4v) is 5.55. The first-order chi connectivity index (χ1) is 18.5. The zero-order valence-electron chi connectivity index (χ0n) is 22.6. The molecule has 0 saturated heterocycles. The topological polar surface area (TPSA) is 86.8 Å². The molecule has 0 aliphatic heterocycles. The van der Waals surface area contributed by atoms with Crippen molar-refractivity contribution >= 4 is 43.5 Å². The molecule has 0 radical (unpaired) electrons. The highest BCUT2D eigenvalue weighted by molar-refractivity contribution is 9.10. The van der Waals surface area contributed by atoms with E-state index in [0.29, 0.717) is 18.5 Å². The van der Waals surface area contributed by atoms with E-state index in [4.69, 9.17) is 0 Å². The lowest BCUT2D eigenvalue weighted by molar-refractivity contribution is -0.141. The standard InChI is InChI=1S/C30H36BrN3O4S/c1-23(2)32-30(36)28(21-24-11-6-4-7-12-24)33(22-25-16-18-26(31)19-17-25)29(35)15-10-20-34(39(3,37)38)27-13-8-5-9-14-27/h4-9,11-14,16-19,23,28H,10,15,20-22H2,1-3H3,(H,32,36)/t28-/m1/s1. The molecular formula is C30H36BrN3O4S. The Balaban J connectivity index is 1.87. The van der Waals surface area contributed by atoms with Crippen molar-refractivity contribution in [3.05, 3.63) is 101 Å². The van der Waals surface area contributed by atoms with Crippen LogP contribution in [-0.4, -0.2) is 50.0 Å². The van der Waals surface area contributed by atoms with Crippen LogP contribution in [0.15, 0.2) is 89.4 Å². The maximum Gasteiger partial charge on any atom is 0.243 e. The Labute approximate surface area is 240 Å². The molecule has 0 aliphatic carbocycles. The van der Waals surface area contributed by atoms with E-state index in [-0.39, 0.29) is 37.4 Å². The van der Waals surface area contributed by atoms with Gasteiger partial charge in [-0.1, -0.05) is 76.6 Å². The number of carbonyl (C=O) groups is 2. The molecule has 0 aliphatic rings. The minimum Gasteiger partial charge on any atom is -0.352 e. The van der Waals surface area contributed by atoms with Crippen molar-refractivity contribution in [2.75, 3.05) is 17.1 Å². The van der Waals surface area contributed by atoms with E-state index in [1.54, 1.807) is 29.2 Å². The SMILES string of the molecule is CC(C)NC(=O)[C@@H](Cc1ccccc1)N(Cc1ccc(Br)cc1)C(=O)CCCN(c1ccccc1)S(C)(=O)=O. The maximum atomic E-state index is 13.8. The normalized spacial score (nSPS) is 12.1. The lowest BCUT2D eigenvalue weighted by atomic mass is 10.0. The summed E-state index contributed by atoms with van der Waals surface area (Å²) in [6.45, 7) is 4.19. The van der Waals surface area contributed by atoms with Crippen molar-refractivity contribution in [1.29, 1.82) is 0 Å². The molecule has 0 spiro atoms. The largest absolute Gasteiger partial charge is 0.352 e. The van der Waals surface area contributed by atoms with Crippen LogP contribution in [0.5, 0.6) is 0 Å². The molecule has 208 valence electrons. The van der Waals surface area contributed by atoms with Crippen LogP contribution in [0.4, 0.5) is 5.69 Å². The van der Waals surface area contributed by atoms with E-state index in [1.807, 2.05) is 74.5 Å². The first kappa shape index (κ1) is 30.4. The molecule has 1 N–H and O–H groups in total. The number of nitrogens with one attached hydrogen (secondary N) is 1. The number of rotatable bonds is 13. The van der Waals surface area contributed by atoms with Gasteiger partial charge in [-0.15, -0.1) is 0 Å². The average molecular weight is 615 g/mol. The summed E-state index contributed by atoms with van der Waals surface area (Å²) < 4.78 is 27.2. The molecule has 0 heterocycles. The monoisotopic (exact) mass is 613 g/mol. The van der Waals surface area contributed by atoms with Crippen LogP contribution in [0, 0.1) is 0 Å². The number of para-hydroxylation sites is 1. The molecule has 39 heavy (non-hydrogen) atoms. The van der Waals surface area contributed by atoms with E-state index in [9.17, 15) is 18.0 Å². The molecule has 0 unspecified atom stereocenters. The van der Waals surface area contributed by atoms with Gasteiger partial charge in [0, 0.05) is 36.4 Å². The van der Waals surface area contributed by atoms with Crippen molar-refractivity contribution in [3.8, 4) is 0 Å². The van der Waals surface area contributed by atoms with Crippen LogP contribution in [0.3, 0.4) is 0 Å². The fraction of sp³-hybridized carbons (Fsp3) is 0.333. The number of nitrogens with zero attached hydrogens (tertiary/aromatic N) is 2. The number of carbonyl (C=O) groups excluding carboxylic acids is 2. The van der Waals surface area contributed by atoms with E-state index < -0.39 is 16.1 Å². The first-order valence-electron chi connectivity index (χ1n) is 13.0. The molecule has 0 fully saturated rings. The van der Waals surface area contributed by atoms with Crippen molar-refractivity contribution in [2.24, 2.45) is 0 Å². The maximum absolute atomic E-state index is 13.8. The van der Waals surface area contributed by atoms with E-state index in [1.165, 1.54) is 4.31 Å². The molecule has 3 aromatic carbocycles. The van der Waals surface area contributed by atoms with Crippen LogP contribution in [0.1, 0.15) is 37.8 Å². The number of halogens is 1. The lowest BCUT2D eigenvalue weighted by Crippen LogP contribution is -2.51. The molecule has 3 aromatic rings. The highest BCUT2D eigenvalue weighted by Gasteiger charge is 2.31. The van der Waals surface area contributed by atoms with Crippen LogP contribution < -0.4 is 9.62 Å². The second-order valence-corrected chi connectivity index (χ2v) is 12.6. The summed E-state index contributed by atoms with van der Waals surface area (Å²) in [5, 5.41) is 2.98. The zero-order valence-corrected chi connectivity index (χ0v) is 25.0. The van der Waals surface area contributed by atoms with Crippen molar-refractivity contribution in [1.82, 2.24) is 10.2 Å². The summed E-state index contributed by atoms with van der Waals surface area (Å²) in [6.07, 6.45) is 1.92. The highest BCUT2D eigenvalue weighted by Crippen LogP contribution is 2.20. The fourth-order valence-electron chi connectivity index (χ4n) is 4.32. The Morgan fingerprint density at radius 2 is 1.46 bits per heavy atom. The van der Waals surface area contributed by atoms with Crippen LogP contribution >= 0.6 is 15.9 Å². The summed E-state index contributed by atoms with van der Waals surface area (Å²) in [5.74, 6) is -0.430. The minimum absolute atomic E-state index is 0.0883. The third kappa shape index (κ3) is 9.51. The Morgan fingerprint density at radius 1 is 0.872 bits per heavy atom. The summed E-state index contributed by atoms with van der Waals surface area (Å²) in [6, 6.07) is 25.3. The second-order valence-electron chi connectivity index (χ2n) is 9.79. The number of amides is 2. The Kier molecular flexibility index (Phi) is 11.1. The van der Waals surface area contributed by atoms with Gasteiger partial charge in [-0.05, 0) is 55.7 Å². The predicted octanol–water partition coefficient (Wildman–Crippen LogP) is 5.16. The van der Waals surface area contributed by atoms with Gasteiger partial charge in [0.1, 0.15) is 6.04 Å². The van der Waals surface area contributed by atoms with Gasteiger partial charge < -0.3 is 10.2 Å². The Hall–Kier alpha value is -3.17. The first-order valence-corrected chi connectivity index (χ1v) is 15.6. The number of hydrogen-bond donors (Lipinski definition) is 1. The molecular weight excluding hydrogens is 578 g/mol. The Morgan fingerprint density at radius 3 is 2.03 bits per heavy atom. The van der Waals surface area contributed by atoms with Crippen molar-refractivity contribution in [3.63, 3.8) is 0 Å². The molecule has 0 aromatic heterocycles. The summed E-state index contributed by atoms with van der Waals surface area (Å²) in [4.78, 5) is 28.8. The molecule has 7 nitrogen and oxygen atoms in total. The smallest absolute Gasteiger partial charge is 0.243 e. The number of benzene rings is 3. The molecule has 3 rings (SSSR count). The highest BCUT2D eigenvalue weighted by atomic mass is 79.9. The van der Waals surface area contributed by atoms with E-state index >= 15 is 0 Å². The molecule has 2 amide bonds. The zero-order chi connectivity index (χ0) is 28.4. The van der Waals surface area contributed by atoms with E-state index in [0.717, 1.165) is 21.9 Å². The molecule has 0 bridgehead atoms. The van der Waals surface area contributed by atoms with Gasteiger partial charge in [0.05, 0.1) is 11.9 Å². The third-order valence-electron chi connectivity index (χ3n) is 6.16. The van der Waals surface area contributed by atoms with Gasteiger partial charge in [-0.25, -0.2) is 8.42 Å². The van der Waals surface area contributed by atoms with Crippen LogP contribution in [0.25, 0.3) is 0 Å². The van der Waals surface area contributed by atoms with Crippen molar-refractivity contribution < 1.29 is 18.0 Å². The number of anilines is 1. The average Bonchev–Trinajstić information content (AvgIpc) is 2.89. The van der Waals surface area contributed by atoms with Gasteiger partial charge in [0.2, 0.25) is 21.8 Å². The van der Waals surface area contributed by atoms with Gasteiger partial charge in [0.15, 0.2) is 0 Å². The quantitative estimate of drug-likeness (QED) is 0.288. The summed E-state index contributed by atoms with van der Waals surface area (Å²) in [7, 11) is -3.53. The summed E-state index contributed by atoms with van der Waals surface area (Å²) >= 11 is 3.45. The molecule has 1 atom stereocenters. The Bertz CT molecular complexity index is 1320. The predicted molar refractivity (Wildman–Crippen MR) is 160 cm³/mol. The lowest BCUT2D eigenvalue weighted by Gasteiger charge is -2.32. The van der Waals surface area contributed by atoms with Gasteiger partial charge in [-0.2, -0.15) is 0 Å². The number of sulfonamides is 1. The van der Waals surface area contributed by atoms with Gasteiger partial charge >= 0.3 is 0 Å². The van der Waals surface area contributed by atoms with Gasteiger partial charge in [0.25, 0.3) is 0 Å². The third-order valence-corrected chi connectivity index (χ3v) is 7.89. The van der Waals surface area contributed by atoms with Crippen molar-refractivity contribution in [2.45, 2.75) is 51.7 Å². The van der Waals surface area contributed by atoms with Gasteiger partial charge in [-0.3, -0.25) is 13.9 Å². The van der Waals surface area contributed by atoms with Crippen LogP contribution in [-0.2, 0) is 32.6 Å². The van der Waals surface area contributed by atoms with E-state index in [2.05, 4.69) is 21.2 Å². The molecule has 0 saturated carbocycles. The summed E-state index contributed by atoms with van der Waals surface area (Å²) in [5.41, 5.74) is 2.39. The number of hydrogen-bond acceptors (Lipinski definition) is 4. The molecule has 9 heteroatoms. The van der Waals surface area contributed by atoms with Crippen LogP contribution in [0.2, 0.25) is 0 Å². The second kappa shape index (κ2) is 14.3.